The molecular formula is C14H16Br2FNO. The summed E-state index contributed by atoms with van der Waals surface area (Å²) in [6.07, 6.45) is 5.41. The Bertz CT molecular complexity index is 452. The van der Waals surface area contributed by atoms with Crippen molar-refractivity contribution in [2.45, 2.75) is 37.6 Å². The maximum Gasteiger partial charge on any atom is 0.251 e. The summed E-state index contributed by atoms with van der Waals surface area (Å²) in [5, 5.41) is 3.82. The monoisotopic (exact) mass is 391 g/mol. The van der Waals surface area contributed by atoms with E-state index in [1.54, 1.807) is 6.07 Å². The molecule has 0 atom stereocenters. The van der Waals surface area contributed by atoms with E-state index < -0.39 is 5.82 Å². The van der Waals surface area contributed by atoms with E-state index >= 15 is 0 Å². The van der Waals surface area contributed by atoms with Crippen molar-refractivity contribution in [3.63, 3.8) is 0 Å². The molecule has 104 valence electrons. The van der Waals surface area contributed by atoms with Crippen LogP contribution in [0.1, 0.15) is 42.5 Å². The number of carbonyl (C=O) groups excluding carboxylic acids is 1. The predicted molar refractivity (Wildman–Crippen MR) is 81.2 cm³/mol. The minimum absolute atomic E-state index is 0.186. The van der Waals surface area contributed by atoms with Crippen LogP contribution in [0.4, 0.5) is 4.39 Å². The number of rotatable bonds is 3. The van der Waals surface area contributed by atoms with Gasteiger partial charge in [-0.15, -0.1) is 0 Å². The van der Waals surface area contributed by atoms with Crippen LogP contribution in [0.25, 0.3) is 0 Å². The Balaban J connectivity index is 2.15. The van der Waals surface area contributed by atoms with Gasteiger partial charge in [-0.1, -0.05) is 51.1 Å². The number of benzene rings is 1. The first kappa shape index (κ1) is 15.0. The molecule has 0 aliphatic heterocycles. The summed E-state index contributed by atoms with van der Waals surface area (Å²) in [7, 11) is 0. The molecule has 19 heavy (non-hydrogen) atoms. The summed E-state index contributed by atoms with van der Waals surface area (Å²) < 4.78 is 13.9. The van der Waals surface area contributed by atoms with Gasteiger partial charge in [0.1, 0.15) is 5.82 Å². The number of nitrogens with one attached hydrogen (secondary N) is 1. The second-order valence-corrected chi connectivity index (χ2v) is 6.56. The number of alkyl halides is 1. The predicted octanol–water partition coefficient (Wildman–Crippen LogP) is 4.42. The van der Waals surface area contributed by atoms with Crippen LogP contribution >= 0.6 is 31.9 Å². The van der Waals surface area contributed by atoms with Crippen LogP contribution in [0.2, 0.25) is 0 Å². The third kappa shape index (κ3) is 3.78. The lowest BCUT2D eigenvalue weighted by molar-refractivity contribution is 0.0886. The molecule has 1 aromatic carbocycles. The number of halogens is 3. The molecule has 0 bridgehead atoms. The van der Waals surface area contributed by atoms with Gasteiger partial charge in [-0.25, -0.2) is 4.39 Å². The number of carbonyl (C=O) groups is 1. The highest BCUT2D eigenvalue weighted by atomic mass is 79.9. The average Bonchev–Trinajstić information content (AvgIpc) is 2.38. The maximum atomic E-state index is 13.3. The third-order valence-electron chi connectivity index (χ3n) is 3.57. The Morgan fingerprint density at radius 2 is 1.95 bits per heavy atom. The van der Waals surface area contributed by atoms with E-state index in [1.807, 2.05) is 0 Å². The average molecular weight is 393 g/mol. The van der Waals surface area contributed by atoms with Crippen LogP contribution in [0.3, 0.4) is 0 Å². The molecule has 0 spiro atoms. The maximum absolute atomic E-state index is 13.3. The van der Waals surface area contributed by atoms with Crippen LogP contribution < -0.4 is 5.32 Å². The fourth-order valence-corrected chi connectivity index (χ4v) is 3.68. The van der Waals surface area contributed by atoms with E-state index in [1.165, 1.54) is 18.6 Å². The van der Waals surface area contributed by atoms with E-state index in [0.717, 1.165) is 31.0 Å². The minimum Gasteiger partial charge on any atom is -0.346 e. The van der Waals surface area contributed by atoms with Crippen molar-refractivity contribution in [2.75, 3.05) is 5.33 Å². The smallest absolute Gasteiger partial charge is 0.251 e. The molecule has 0 aromatic heterocycles. The Labute approximate surface area is 129 Å². The third-order valence-corrected chi connectivity index (χ3v) is 5.10. The summed E-state index contributed by atoms with van der Waals surface area (Å²) in [4.78, 5) is 12.3. The van der Waals surface area contributed by atoms with Crippen molar-refractivity contribution in [1.82, 2.24) is 5.32 Å². The van der Waals surface area contributed by atoms with Crippen LogP contribution in [-0.2, 0) is 0 Å². The number of hydrogen-bond donors (Lipinski definition) is 1. The van der Waals surface area contributed by atoms with Crippen LogP contribution in [0, 0.1) is 5.82 Å². The molecule has 5 heteroatoms. The first-order chi connectivity index (χ1) is 9.04. The zero-order valence-corrected chi connectivity index (χ0v) is 13.7. The standard InChI is InChI=1S/C14H16Br2FNO/c15-9-14(4-2-1-3-5-14)18-13(19)10-6-11(16)8-12(17)7-10/h6-8H,1-5,9H2,(H,18,19). The van der Waals surface area contributed by atoms with Gasteiger partial charge in [0.05, 0.1) is 5.54 Å². The molecule has 0 radical (unpaired) electrons. The second-order valence-electron chi connectivity index (χ2n) is 5.09. The van der Waals surface area contributed by atoms with Crippen molar-refractivity contribution in [1.29, 1.82) is 0 Å². The van der Waals surface area contributed by atoms with E-state index in [-0.39, 0.29) is 11.4 Å². The molecule has 2 rings (SSSR count). The topological polar surface area (TPSA) is 29.1 Å². The molecule has 1 N–H and O–H groups in total. The Hall–Kier alpha value is -0.420. The molecule has 1 fully saturated rings. The fraction of sp³-hybridized carbons (Fsp3) is 0.500. The van der Waals surface area contributed by atoms with Gasteiger partial charge in [0.25, 0.3) is 5.91 Å². The quantitative estimate of drug-likeness (QED) is 0.758. The van der Waals surface area contributed by atoms with Gasteiger partial charge in [-0.05, 0) is 31.0 Å². The first-order valence-corrected chi connectivity index (χ1v) is 8.31. The molecule has 0 heterocycles. The van der Waals surface area contributed by atoms with Crippen molar-refractivity contribution in [3.8, 4) is 0 Å². The summed E-state index contributed by atoms with van der Waals surface area (Å²) >= 11 is 6.71. The highest BCUT2D eigenvalue weighted by molar-refractivity contribution is 9.10. The Kier molecular flexibility index (Phi) is 5.01. The van der Waals surface area contributed by atoms with E-state index in [9.17, 15) is 9.18 Å². The molecule has 1 aliphatic rings. The lowest BCUT2D eigenvalue weighted by Gasteiger charge is -2.36. The van der Waals surface area contributed by atoms with E-state index in [4.69, 9.17) is 0 Å². The van der Waals surface area contributed by atoms with E-state index in [2.05, 4.69) is 37.2 Å². The highest BCUT2D eigenvalue weighted by Gasteiger charge is 2.32. The minimum atomic E-state index is -0.406. The number of amides is 1. The first-order valence-electron chi connectivity index (χ1n) is 6.39. The zero-order chi connectivity index (χ0) is 13.9. The van der Waals surface area contributed by atoms with Gasteiger partial charge in [0.2, 0.25) is 0 Å². The van der Waals surface area contributed by atoms with Crippen LogP contribution in [-0.4, -0.2) is 16.8 Å². The molecule has 0 saturated heterocycles. The largest absolute Gasteiger partial charge is 0.346 e. The van der Waals surface area contributed by atoms with Crippen LogP contribution in [0.15, 0.2) is 22.7 Å². The van der Waals surface area contributed by atoms with Crippen molar-refractivity contribution in [3.05, 3.63) is 34.1 Å². The Morgan fingerprint density at radius 3 is 2.53 bits per heavy atom. The lowest BCUT2D eigenvalue weighted by Crippen LogP contribution is -2.51. The molecular weight excluding hydrogens is 377 g/mol. The van der Waals surface area contributed by atoms with Gasteiger partial charge in [0.15, 0.2) is 0 Å². The van der Waals surface area contributed by atoms with Crippen molar-refractivity contribution >= 4 is 37.8 Å². The van der Waals surface area contributed by atoms with Gasteiger partial charge in [-0.3, -0.25) is 4.79 Å². The summed E-state index contributed by atoms with van der Waals surface area (Å²) in [6.45, 7) is 0. The molecule has 1 aromatic rings. The lowest BCUT2D eigenvalue weighted by atomic mass is 9.83. The molecule has 1 aliphatic carbocycles. The normalized spacial score (nSPS) is 18.1. The summed E-state index contributed by atoms with van der Waals surface area (Å²) in [5.41, 5.74) is 0.173. The van der Waals surface area contributed by atoms with Gasteiger partial charge in [-0.2, -0.15) is 0 Å². The SMILES string of the molecule is O=C(NC1(CBr)CCCCC1)c1cc(F)cc(Br)c1. The summed E-state index contributed by atoms with van der Waals surface area (Å²) in [6, 6.07) is 4.26. The second kappa shape index (κ2) is 6.35. The molecule has 0 unspecified atom stereocenters. The molecule has 2 nitrogen and oxygen atoms in total. The van der Waals surface area contributed by atoms with Crippen LogP contribution in [0.5, 0.6) is 0 Å². The van der Waals surface area contributed by atoms with Crippen molar-refractivity contribution < 1.29 is 9.18 Å². The Morgan fingerprint density at radius 1 is 1.26 bits per heavy atom. The zero-order valence-electron chi connectivity index (χ0n) is 10.5. The van der Waals surface area contributed by atoms with Crippen molar-refractivity contribution in [2.24, 2.45) is 0 Å². The summed E-state index contributed by atoms with van der Waals surface area (Å²) in [5.74, 6) is -0.613. The van der Waals surface area contributed by atoms with Gasteiger partial charge < -0.3 is 5.32 Å². The highest BCUT2D eigenvalue weighted by Crippen LogP contribution is 2.30. The van der Waals surface area contributed by atoms with Gasteiger partial charge in [0, 0.05) is 15.4 Å². The number of hydrogen-bond acceptors (Lipinski definition) is 1. The van der Waals surface area contributed by atoms with Gasteiger partial charge >= 0.3 is 0 Å². The van der Waals surface area contributed by atoms with E-state index in [0.29, 0.717) is 10.0 Å². The fourth-order valence-electron chi connectivity index (χ4n) is 2.52. The molecule has 1 saturated carbocycles. The molecule has 1 amide bonds.